The molecule has 0 unspecified atom stereocenters. The average Bonchev–Trinajstić information content (AvgIpc) is 3.24. The molecule has 3 aliphatic carbocycles. The molecule has 0 spiro atoms. The number of rotatable bonds is 5. The zero-order valence-electron chi connectivity index (χ0n) is 17.2. The molecule has 0 aromatic rings. The quantitative estimate of drug-likeness (QED) is 0.337. The maximum atomic E-state index is 11.5. The van der Waals surface area contributed by atoms with Crippen LogP contribution in [0.4, 0.5) is 0 Å². The summed E-state index contributed by atoms with van der Waals surface area (Å²) in [4.78, 5) is 3.92. The number of aliphatic imine (C=N–C) groups is 1. The van der Waals surface area contributed by atoms with E-state index in [0.717, 1.165) is 32.1 Å². The highest BCUT2D eigenvalue weighted by Crippen LogP contribution is 2.55. The van der Waals surface area contributed by atoms with E-state index >= 15 is 0 Å². The molecule has 0 bridgehead atoms. The first-order chi connectivity index (χ1) is 12.8. The van der Waals surface area contributed by atoms with Crippen LogP contribution in [-0.4, -0.2) is 41.0 Å². The number of hydrogen-bond donors (Lipinski definition) is 4. The van der Waals surface area contributed by atoms with E-state index in [4.69, 9.17) is 5.73 Å². The Bertz CT molecular complexity index is 568. The highest BCUT2D eigenvalue weighted by Gasteiger charge is 2.54. The lowest BCUT2D eigenvalue weighted by atomic mass is 9.73. The van der Waals surface area contributed by atoms with Crippen molar-refractivity contribution in [3.63, 3.8) is 0 Å². The Morgan fingerprint density at radius 3 is 2.48 bits per heavy atom. The normalized spacial score (nSPS) is 40.6. The molecule has 0 saturated heterocycles. The fourth-order valence-electron chi connectivity index (χ4n) is 6.13. The Balaban J connectivity index is 1.74. The van der Waals surface area contributed by atoms with Crippen molar-refractivity contribution in [1.82, 2.24) is 5.32 Å². The third-order valence-electron chi connectivity index (χ3n) is 7.91. The predicted molar refractivity (Wildman–Crippen MR) is 110 cm³/mol. The molecule has 5 nitrogen and oxygen atoms in total. The first-order valence-corrected chi connectivity index (χ1v) is 10.9. The van der Waals surface area contributed by atoms with Crippen LogP contribution in [0.15, 0.2) is 17.1 Å². The number of nitrogens with zero attached hydrogens (tertiary/aromatic N) is 1. The van der Waals surface area contributed by atoms with E-state index in [-0.39, 0.29) is 11.8 Å². The van der Waals surface area contributed by atoms with Gasteiger partial charge in [0.15, 0.2) is 5.96 Å². The Hall–Kier alpha value is -1.07. The number of nitrogens with one attached hydrogen (secondary N) is 1. The summed E-state index contributed by atoms with van der Waals surface area (Å²) in [6.07, 6.45) is 10.2. The molecule has 3 aliphatic rings. The number of guanidine groups is 1. The topological polar surface area (TPSA) is 90.9 Å². The molecule has 0 aliphatic heterocycles. The minimum atomic E-state index is -0.742. The summed E-state index contributed by atoms with van der Waals surface area (Å²) < 4.78 is 0. The highest BCUT2D eigenvalue weighted by molar-refractivity contribution is 5.77. The van der Waals surface area contributed by atoms with E-state index in [2.05, 4.69) is 16.9 Å². The maximum absolute atomic E-state index is 11.5. The van der Waals surface area contributed by atoms with Gasteiger partial charge in [-0.25, -0.2) is 0 Å². The van der Waals surface area contributed by atoms with Crippen molar-refractivity contribution in [2.45, 2.75) is 82.3 Å². The van der Waals surface area contributed by atoms with Crippen LogP contribution >= 0.6 is 0 Å². The number of nitrogens with two attached hydrogens (primary N) is 1. The van der Waals surface area contributed by atoms with Gasteiger partial charge in [-0.2, -0.15) is 0 Å². The summed E-state index contributed by atoms with van der Waals surface area (Å²) in [7, 11) is 1.66. The molecule has 0 amide bonds. The van der Waals surface area contributed by atoms with Crippen molar-refractivity contribution >= 4 is 5.96 Å². The standard InChI is InChI=1S/C22H39N3O2/c1-15(16-6-4-5-7-16)17-8-10-21(2,26)18-9-11-22(27,19(18)14-17)12-13-25-20(23)24-3/h16-19,26-27H,1,4-14H2,2-3H3,(H3,23,24,25)/t17-,18-,19-,21+,22+/m0/s1. The molecule has 0 aromatic carbocycles. The molecular weight excluding hydrogens is 338 g/mol. The van der Waals surface area contributed by atoms with E-state index in [1.165, 1.54) is 31.3 Å². The molecular formula is C22H39N3O2. The number of hydrogen-bond acceptors (Lipinski definition) is 3. The van der Waals surface area contributed by atoms with Crippen LogP contribution < -0.4 is 11.1 Å². The third kappa shape index (κ3) is 4.34. The van der Waals surface area contributed by atoms with Crippen molar-refractivity contribution in [2.24, 2.45) is 34.4 Å². The van der Waals surface area contributed by atoms with Crippen LogP contribution in [0.5, 0.6) is 0 Å². The Morgan fingerprint density at radius 2 is 1.81 bits per heavy atom. The van der Waals surface area contributed by atoms with Crippen molar-refractivity contribution in [3.05, 3.63) is 12.2 Å². The van der Waals surface area contributed by atoms with Gasteiger partial charge in [0.25, 0.3) is 0 Å². The fraction of sp³-hybridized carbons (Fsp3) is 0.864. The van der Waals surface area contributed by atoms with Gasteiger partial charge in [-0.05, 0) is 82.0 Å². The first-order valence-electron chi connectivity index (χ1n) is 10.9. The lowest BCUT2D eigenvalue weighted by Gasteiger charge is -2.38. The zero-order valence-corrected chi connectivity index (χ0v) is 17.2. The van der Waals surface area contributed by atoms with Crippen molar-refractivity contribution in [2.75, 3.05) is 13.6 Å². The molecule has 27 heavy (non-hydrogen) atoms. The lowest BCUT2D eigenvalue weighted by Crippen LogP contribution is -2.44. The number of aliphatic hydroxyl groups is 2. The minimum Gasteiger partial charge on any atom is -0.390 e. The predicted octanol–water partition coefficient (Wildman–Crippen LogP) is 2.97. The van der Waals surface area contributed by atoms with Gasteiger partial charge < -0.3 is 21.3 Å². The van der Waals surface area contributed by atoms with Crippen LogP contribution in [0.2, 0.25) is 0 Å². The minimum absolute atomic E-state index is 0.125. The van der Waals surface area contributed by atoms with Crippen LogP contribution in [0.3, 0.4) is 0 Å². The van der Waals surface area contributed by atoms with Crippen molar-refractivity contribution in [3.8, 4) is 0 Å². The van der Waals surface area contributed by atoms with E-state index < -0.39 is 11.2 Å². The summed E-state index contributed by atoms with van der Waals surface area (Å²) >= 11 is 0. The van der Waals surface area contributed by atoms with Crippen LogP contribution in [0.25, 0.3) is 0 Å². The van der Waals surface area contributed by atoms with Gasteiger partial charge in [0.05, 0.1) is 11.2 Å². The Labute approximate surface area is 164 Å². The van der Waals surface area contributed by atoms with Crippen LogP contribution in [0, 0.1) is 23.7 Å². The average molecular weight is 378 g/mol. The Morgan fingerprint density at radius 1 is 1.11 bits per heavy atom. The van der Waals surface area contributed by atoms with Gasteiger partial charge in [0, 0.05) is 13.6 Å². The van der Waals surface area contributed by atoms with Crippen LogP contribution in [0.1, 0.15) is 71.1 Å². The molecule has 5 atom stereocenters. The van der Waals surface area contributed by atoms with E-state index in [9.17, 15) is 10.2 Å². The zero-order chi connectivity index (χ0) is 19.7. The molecule has 0 heterocycles. The summed E-state index contributed by atoms with van der Waals surface area (Å²) in [6.45, 7) is 7.09. The van der Waals surface area contributed by atoms with Gasteiger partial charge in [0.2, 0.25) is 0 Å². The van der Waals surface area contributed by atoms with E-state index in [1.807, 2.05) is 6.92 Å². The molecule has 3 rings (SSSR count). The van der Waals surface area contributed by atoms with Gasteiger partial charge in [-0.3, -0.25) is 4.99 Å². The third-order valence-corrected chi connectivity index (χ3v) is 7.91. The Kier molecular flexibility index (Phi) is 6.21. The molecule has 3 fully saturated rings. The summed E-state index contributed by atoms with van der Waals surface area (Å²) in [5.74, 6) is 1.77. The molecule has 5 N–H and O–H groups in total. The monoisotopic (exact) mass is 377 g/mol. The molecule has 5 heteroatoms. The SMILES string of the molecule is C=C(C1CCCC1)[C@H]1CC[C@@](C)(O)[C@H]2CC[C@@](O)(CCNC(N)=NC)[C@H]2C1. The highest BCUT2D eigenvalue weighted by atomic mass is 16.3. The fourth-order valence-corrected chi connectivity index (χ4v) is 6.13. The first kappa shape index (κ1) is 20.7. The van der Waals surface area contributed by atoms with Crippen LogP contribution in [-0.2, 0) is 0 Å². The number of allylic oxidation sites excluding steroid dienone is 1. The van der Waals surface area contributed by atoms with Gasteiger partial charge >= 0.3 is 0 Å². The van der Waals surface area contributed by atoms with Crippen molar-refractivity contribution < 1.29 is 10.2 Å². The number of fused-ring (bicyclic) bond motifs is 1. The second-order valence-corrected chi connectivity index (χ2v) is 9.53. The van der Waals surface area contributed by atoms with E-state index in [0.29, 0.717) is 30.8 Å². The lowest BCUT2D eigenvalue weighted by molar-refractivity contribution is -0.0642. The maximum Gasteiger partial charge on any atom is 0.188 e. The van der Waals surface area contributed by atoms with Gasteiger partial charge in [-0.1, -0.05) is 25.0 Å². The molecule has 3 saturated carbocycles. The smallest absolute Gasteiger partial charge is 0.188 e. The second kappa shape index (κ2) is 8.12. The van der Waals surface area contributed by atoms with Gasteiger partial charge in [-0.15, -0.1) is 0 Å². The summed E-state index contributed by atoms with van der Waals surface area (Å²) in [6, 6.07) is 0. The van der Waals surface area contributed by atoms with E-state index in [1.54, 1.807) is 7.05 Å². The largest absolute Gasteiger partial charge is 0.390 e. The molecule has 154 valence electrons. The van der Waals surface area contributed by atoms with Gasteiger partial charge in [0.1, 0.15) is 0 Å². The summed E-state index contributed by atoms with van der Waals surface area (Å²) in [5, 5.41) is 25.8. The molecule has 0 radical (unpaired) electrons. The second-order valence-electron chi connectivity index (χ2n) is 9.53. The summed E-state index contributed by atoms with van der Waals surface area (Å²) in [5.41, 5.74) is 5.69. The van der Waals surface area contributed by atoms with Crippen molar-refractivity contribution in [1.29, 1.82) is 0 Å². The molecule has 0 aromatic heterocycles.